The van der Waals surface area contributed by atoms with Gasteiger partial charge >= 0.3 is 0 Å². The zero-order chi connectivity index (χ0) is 12.3. The van der Waals surface area contributed by atoms with Crippen molar-refractivity contribution in [3.63, 3.8) is 0 Å². The molecule has 2 aromatic heterocycles. The number of aliphatic hydroxyl groups excluding tert-OH is 1. The number of hydrogen-bond acceptors (Lipinski definition) is 3. The van der Waals surface area contributed by atoms with E-state index in [4.69, 9.17) is 5.11 Å². The van der Waals surface area contributed by atoms with Gasteiger partial charge in [-0.3, -0.25) is 0 Å². The molecule has 0 aliphatic carbocycles. The van der Waals surface area contributed by atoms with E-state index in [0.29, 0.717) is 6.54 Å². The summed E-state index contributed by atoms with van der Waals surface area (Å²) >= 11 is 0. The predicted molar refractivity (Wildman–Crippen MR) is 66.7 cm³/mol. The van der Waals surface area contributed by atoms with Gasteiger partial charge in [0.25, 0.3) is 0 Å². The van der Waals surface area contributed by atoms with Gasteiger partial charge in [-0.05, 0) is 25.0 Å². The topological polar surface area (TPSA) is 50.9 Å². The van der Waals surface area contributed by atoms with Crippen molar-refractivity contribution in [1.82, 2.24) is 14.5 Å². The first-order chi connectivity index (χ1) is 8.24. The van der Waals surface area contributed by atoms with Crippen molar-refractivity contribution in [2.75, 3.05) is 6.61 Å². The molecule has 0 aromatic carbocycles. The number of rotatable bonds is 4. The Bertz CT molecular complexity index is 505. The van der Waals surface area contributed by atoms with Gasteiger partial charge in [0.1, 0.15) is 5.82 Å². The molecule has 1 N–H and O–H groups in total. The average Bonchev–Trinajstić information content (AvgIpc) is 2.73. The summed E-state index contributed by atoms with van der Waals surface area (Å²) in [5.41, 5.74) is 3.33. The van der Waals surface area contributed by atoms with Gasteiger partial charge < -0.3 is 9.67 Å². The Labute approximate surface area is 101 Å². The van der Waals surface area contributed by atoms with Gasteiger partial charge in [-0.1, -0.05) is 6.92 Å². The smallest absolute Gasteiger partial charge is 0.125 e. The lowest BCUT2D eigenvalue weighted by atomic mass is 10.1. The van der Waals surface area contributed by atoms with E-state index in [-0.39, 0.29) is 6.61 Å². The Kier molecular flexibility index (Phi) is 3.54. The number of nitrogens with zero attached hydrogens (tertiary/aromatic N) is 3. The number of hydrogen-bond donors (Lipinski definition) is 1. The number of aliphatic hydroxyl groups is 1. The van der Waals surface area contributed by atoms with Gasteiger partial charge in [0, 0.05) is 30.7 Å². The van der Waals surface area contributed by atoms with Crippen LogP contribution in [0.5, 0.6) is 0 Å². The maximum atomic E-state index is 8.96. The van der Waals surface area contributed by atoms with Crippen molar-refractivity contribution in [2.24, 2.45) is 0 Å². The molecule has 0 saturated heterocycles. The highest BCUT2D eigenvalue weighted by Gasteiger charge is 2.09. The molecule has 0 bridgehead atoms. The third-order valence-corrected chi connectivity index (χ3v) is 2.75. The van der Waals surface area contributed by atoms with Gasteiger partial charge in [-0.2, -0.15) is 0 Å². The molecular weight excluding hydrogens is 214 g/mol. The van der Waals surface area contributed by atoms with Crippen LogP contribution in [0.2, 0.25) is 0 Å². The van der Waals surface area contributed by atoms with Crippen LogP contribution >= 0.6 is 0 Å². The zero-order valence-electron chi connectivity index (χ0n) is 10.2. The summed E-state index contributed by atoms with van der Waals surface area (Å²) in [6.45, 7) is 4.78. The number of aryl methyl sites for hydroxylation is 2. The molecule has 0 aliphatic rings. The summed E-state index contributed by atoms with van der Waals surface area (Å²) in [4.78, 5) is 8.54. The van der Waals surface area contributed by atoms with E-state index in [2.05, 4.69) is 23.1 Å². The Balaban J connectivity index is 2.43. The highest BCUT2D eigenvalue weighted by molar-refractivity contribution is 5.62. The predicted octanol–water partition coefficient (Wildman–Crippen LogP) is 1.81. The summed E-state index contributed by atoms with van der Waals surface area (Å²) in [7, 11) is 0. The second kappa shape index (κ2) is 5.10. The molecule has 0 fully saturated rings. The van der Waals surface area contributed by atoms with Crippen LogP contribution in [0.1, 0.15) is 18.3 Å². The molecule has 0 atom stereocenters. The first-order valence-corrected chi connectivity index (χ1v) is 5.84. The average molecular weight is 231 g/mol. The SMILES string of the molecule is CCc1cn(CCO)cc1-c1ccnc(C)n1. The zero-order valence-corrected chi connectivity index (χ0v) is 10.2. The van der Waals surface area contributed by atoms with Crippen molar-refractivity contribution >= 4 is 0 Å². The van der Waals surface area contributed by atoms with Crippen LogP contribution in [-0.2, 0) is 13.0 Å². The Morgan fingerprint density at radius 3 is 2.82 bits per heavy atom. The summed E-state index contributed by atoms with van der Waals surface area (Å²) in [5.74, 6) is 0.777. The Morgan fingerprint density at radius 1 is 1.35 bits per heavy atom. The second-order valence-corrected chi connectivity index (χ2v) is 4.00. The third kappa shape index (κ3) is 2.53. The maximum absolute atomic E-state index is 8.96. The second-order valence-electron chi connectivity index (χ2n) is 4.00. The lowest BCUT2D eigenvalue weighted by Gasteiger charge is -2.01. The molecule has 4 heteroatoms. The first kappa shape index (κ1) is 11.8. The molecule has 2 heterocycles. The van der Waals surface area contributed by atoms with Crippen molar-refractivity contribution in [1.29, 1.82) is 0 Å². The fourth-order valence-corrected chi connectivity index (χ4v) is 1.92. The standard InChI is InChI=1S/C13H17N3O/c1-3-11-8-16(6-7-17)9-12(11)13-4-5-14-10(2)15-13/h4-5,8-9,17H,3,6-7H2,1-2H3. The van der Waals surface area contributed by atoms with E-state index in [0.717, 1.165) is 23.5 Å². The minimum atomic E-state index is 0.153. The molecule has 17 heavy (non-hydrogen) atoms. The molecule has 0 unspecified atom stereocenters. The van der Waals surface area contributed by atoms with E-state index in [9.17, 15) is 0 Å². The van der Waals surface area contributed by atoms with Crippen LogP contribution < -0.4 is 0 Å². The molecular formula is C13H17N3O. The molecule has 0 saturated carbocycles. The lowest BCUT2D eigenvalue weighted by Crippen LogP contribution is -1.98. The van der Waals surface area contributed by atoms with Crippen LogP contribution in [-0.4, -0.2) is 26.2 Å². The summed E-state index contributed by atoms with van der Waals surface area (Å²) in [6, 6.07) is 1.92. The fraction of sp³-hybridized carbons (Fsp3) is 0.385. The minimum absolute atomic E-state index is 0.153. The molecule has 4 nitrogen and oxygen atoms in total. The molecule has 0 amide bonds. The normalized spacial score (nSPS) is 10.8. The van der Waals surface area contributed by atoms with E-state index in [1.165, 1.54) is 5.56 Å². The Hall–Kier alpha value is -1.68. The quantitative estimate of drug-likeness (QED) is 0.873. The monoisotopic (exact) mass is 231 g/mol. The first-order valence-electron chi connectivity index (χ1n) is 5.84. The van der Waals surface area contributed by atoms with Crippen molar-refractivity contribution in [2.45, 2.75) is 26.8 Å². The molecule has 0 aliphatic heterocycles. The molecule has 0 spiro atoms. The van der Waals surface area contributed by atoms with Crippen LogP contribution in [0.3, 0.4) is 0 Å². The van der Waals surface area contributed by atoms with E-state index >= 15 is 0 Å². The number of aromatic nitrogens is 3. The third-order valence-electron chi connectivity index (χ3n) is 2.75. The van der Waals surface area contributed by atoms with Gasteiger partial charge in [0.15, 0.2) is 0 Å². The summed E-state index contributed by atoms with van der Waals surface area (Å²) in [6.07, 6.45) is 6.84. The van der Waals surface area contributed by atoms with E-state index in [1.807, 2.05) is 23.8 Å². The van der Waals surface area contributed by atoms with Gasteiger partial charge in [0.05, 0.1) is 12.3 Å². The summed E-state index contributed by atoms with van der Waals surface area (Å²) in [5, 5.41) is 8.96. The van der Waals surface area contributed by atoms with E-state index < -0.39 is 0 Å². The highest BCUT2D eigenvalue weighted by atomic mass is 16.3. The van der Waals surface area contributed by atoms with Gasteiger partial charge in [0.2, 0.25) is 0 Å². The van der Waals surface area contributed by atoms with Crippen molar-refractivity contribution < 1.29 is 5.11 Å². The van der Waals surface area contributed by atoms with Crippen LogP contribution in [0.25, 0.3) is 11.3 Å². The largest absolute Gasteiger partial charge is 0.395 e. The lowest BCUT2D eigenvalue weighted by molar-refractivity contribution is 0.276. The van der Waals surface area contributed by atoms with Crippen LogP contribution in [0.4, 0.5) is 0 Å². The fourth-order valence-electron chi connectivity index (χ4n) is 1.92. The summed E-state index contributed by atoms with van der Waals surface area (Å²) < 4.78 is 2.01. The van der Waals surface area contributed by atoms with Gasteiger partial charge in [-0.25, -0.2) is 9.97 Å². The molecule has 90 valence electrons. The molecule has 2 rings (SSSR count). The van der Waals surface area contributed by atoms with Crippen molar-refractivity contribution in [3.05, 3.63) is 36.0 Å². The van der Waals surface area contributed by atoms with Crippen molar-refractivity contribution in [3.8, 4) is 11.3 Å². The van der Waals surface area contributed by atoms with Crippen LogP contribution in [0.15, 0.2) is 24.7 Å². The maximum Gasteiger partial charge on any atom is 0.125 e. The van der Waals surface area contributed by atoms with E-state index in [1.54, 1.807) is 6.20 Å². The Morgan fingerprint density at radius 2 is 2.18 bits per heavy atom. The highest BCUT2D eigenvalue weighted by Crippen LogP contribution is 2.23. The minimum Gasteiger partial charge on any atom is -0.395 e. The molecule has 0 radical (unpaired) electrons. The van der Waals surface area contributed by atoms with Crippen LogP contribution in [0, 0.1) is 6.92 Å². The van der Waals surface area contributed by atoms with Gasteiger partial charge in [-0.15, -0.1) is 0 Å². The molecule has 2 aromatic rings.